The molecule has 0 aliphatic carbocycles. The van der Waals surface area contributed by atoms with Crippen molar-refractivity contribution in [3.05, 3.63) is 70.0 Å². The van der Waals surface area contributed by atoms with Gasteiger partial charge in [-0.3, -0.25) is 14.3 Å². The van der Waals surface area contributed by atoms with Crippen molar-refractivity contribution in [1.82, 2.24) is 14.5 Å². The molecule has 0 radical (unpaired) electrons. The molecule has 0 bridgehead atoms. The minimum absolute atomic E-state index is 0.0532. The Morgan fingerprint density at radius 2 is 2.05 bits per heavy atom. The lowest BCUT2D eigenvalue weighted by molar-refractivity contribution is 0.654. The van der Waals surface area contributed by atoms with Crippen LogP contribution in [-0.2, 0) is 13.0 Å². The van der Waals surface area contributed by atoms with E-state index < -0.39 is 0 Å². The fourth-order valence-corrected chi connectivity index (χ4v) is 2.24. The molecule has 2 heterocycles. The third kappa shape index (κ3) is 2.56. The van der Waals surface area contributed by atoms with E-state index in [1.54, 1.807) is 35.3 Å². The normalized spacial score (nSPS) is 10.8. The van der Waals surface area contributed by atoms with Gasteiger partial charge < -0.3 is 0 Å². The Kier molecular flexibility index (Phi) is 3.48. The maximum atomic E-state index is 12.3. The van der Waals surface area contributed by atoms with Crippen LogP contribution in [0.2, 0.25) is 5.02 Å². The summed E-state index contributed by atoms with van der Waals surface area (Å²) < 4.78 is 1.60. The molecule has 5 heteroatoms. The van der Waals surface area contributed by atoms with Gasteiger partial charge in [-0.15, -0.1) is 0 Å². The molecule has 0 saturated carbocycles. The van der Waals surface area contributed by atoms with E-state index in [4.69, 9.17) is 11.6 Å². The number of rotatable bonds is 3. The van der Waals surface area contributed by atoms with Crippen molar-refractivity contribution in [2.75, 3.05) is 0 Å². The first-order chi connectivity index (χ1) is 9.74. The molecule has 0 amide bonds. The SMILES string of the molecule is O=c1c2ccc(Cl)cc2ncn1CCc1ccccn1. The molecule has 100 valence electrons. The Hall–Kier alpha value is -2.20. The molecule has 3 aromatic rings. The number of benzene rings is 1. The van der Waals surface area contributed by atoms with Gasteiger partial charge in [-0.2, -0.15) is 0 Å². The summed E-state index contributed by atoms with van der Waals surface area (Å²) in [5, 5.41) is 1.16. The van der Waals surface area contributed by atoms with Crippen molar-refractivity contribution in [2.24, 2.45) is 0 Å². The second kappa shape index (κ2) is 5.43. The van der Waals surface area contributed by atoms with E-state index >= 15 is 0 Å². The molecule has 0 aliphatic heterocycles. The minimum atomic E-state index is -0.0532. The Balaban J connectivity index is 1.91. The summed E-state index contributed by atoms with van der Waals surface area (Å²) in [5.74, 6) is 0. The van der Waals surface area contributed by atoms with Gasteiger partial charge in [0.1, 0.15) is 0 Å². The van der Waals surface area contributed by atoms with Gasteiger partial charge in [0.05, 0.1) is 17.2 Å². The molecular formula is C15H12ClN3O. The van der Waals surface area contributed by atoms with E-state index in [0.717, 1.165) is 5.69 Å². The van der Waals surface area contributed by atoms with Crippen molar-refractivity contribution >= 4 is 22.5 Å². The first kappa shape index (κ1) is 12.8. The first-order valence-corrected chi connectivity index (χ1v) is 6.66. The zero-order valence-corrected chi connectivity index (χ0v) is 11.4. The molecule has 2 aromatic heterocycles. The Labute approximate surface area is 120 Å². The number of pyridine rings is 1. The smallest absolute Gasteiger partial charge is 0.261 e. The highest BCUT2D eigenvalue weighted by molar-refractivity contribution is 6.31. The molecule has 1 aromatic carbocycles. The molecule has 0 spiro atoms. The summed E-state index contributed by atoms with van der Waals surface area (Å²) in [6, 6.07) is 10.9. The van der Waals surface area contributed by atoms with E-state index in [-0.39, 0.29) is 5.56 Å². The number of hydrogen-bond acceptors (Lipinski definition) is 3. The van der Waals surface area contributed by atoms with Gasteiger partial charge in [-0.25, -0.2) is 4.98 Å². The maximum Gasteiger partial charge on any atom is 0.261 e. The fraction of sp³-hybridized carbons (Fsp3) is 0.133. The molecule has 3 rings (SSSR count). The lowest BCUT2D eigenvalue weighted by Gasteiger charge is -2.06. The topological polar surface area (TPSA) is 47.8 Å². The Morgan fingerprint density at radius 1 is 1.15 bits per heavy atom. The highest BCUT2D eigenvalue weighted by atomic mass is 35.5. The van der Waals surface area contributed by atoms with Crippen LogP contribution in [0.1, 0.15) is 5.69 Å². The number of nitrogens with zero attached hydrogens (tertiary/aromatic N) is 3. The minimum Gasteiger partial charge on any atom is -0.298 e. The van der Waals surface area contributed by atoms with Crippen LogP contribution >= 0.6 is 11.6 Å². The molecule has 0 fully saturated rings. The van der Waals surface area contributed by atoms with Crippen LogP contribution in [0.3, 0.4) is 0 Å². The average Bonchev–Trinajstić information content (AvgIpc) is 2.47. The highest BCUT2D eigenvalue weighted by Crippen LogP contribution is 2.14. The quantitative estimate of drug-likeness (QED) is 0.743. The van der Waals surface area contributed by atoms with Crippen LogP contribution in [0.4, 0.5) is 0 Å². The molecule has 0 atom stereocenters. The van der Waals surface area contributed by atoms with Crippen molar-refractivity contribution in [1.29, 1.82) is 0 Å². The molecule has 0 N–H and O–H groups in total. The zero-order valence-electron chi connectivity index (χ0n) is 10.7. The van der Waals surface area contributed by atoms with Gasteiger partial charge in [0, 0.05) is 29.9 Å². The van der Waals surface area contributed by atoms with Crippen molar-refractivity contribution in [3.8, 4) is 0 Å². The van der Waals surface area contributed by atoms with Gasteiger partial charge in [0.15, 0.2) is 0 Å². The zero-order chi connectivity index (χ0) is 13.9. The van der Waals surface area contributed by atoms with E-state index in [0.29, 0.717) is 28.9 Å². The van der Waals surface area contributed by atoms with Gasteiger partial charge in [0.2, 0.25) is 0 Å². The first-order valence-electron chi connectivity index (χ1n) is 6.29. The van der Waals surface area contributed by atoms with E-state index in [1.165, 1.54) is 0 Å². The number of halogens is 1. The fourth-order valence-electron chi connectivity index (χ4n) is 2.07. The van der Waals surface area contributed by atoms with Crippen molar-refractivity contribution < 1.29 is 0 Å². The summed E-state index contributed by atoms with van der Waals surface area (Å²) >= 11 is 5.89. The summed E-state index contributed by atoms with van der Waals surface area (Å²) in [7, 11) is 0. The van der Waals surface area contributed by atoms with Crippen LogP contribution in [0, 0.1) is 0 Å². The maximum absolute atomic E-state index is 12.3. The van der Waals surface area contributed by atoms with Crippen LogP contribution in [0.25, 0.3) is 10.9 Å². The van der Waals surface area contributed by atoms with Gasteiger partial charge in [0.25, 0.3) is 5.56 Å². The predicted molar refractivity (Wildman–Crippen MR) is 79.0 cm³/mol. The Morgan fingerprint density at radius 3 is 2.85 bits per heavy atom. The standard InChI is InChI=1S/C15H12ClN3O/c16-11-4-5-13-14(9-11)18-10-19(15(13)20)8-6-12-3-1-2-7-17-12/h1-5,7,9-10H,6,8H2. The van der Waals surface area contributed by atoms with Crippen LogP contribution in [0.5, 0.6) is 0 Å². The highest BCUT2D eigenvalue weighted by Gasteiger charge is 2.05. The van der Waals surface area contributed by atoms with Crippen LogP contribution in [0.15, 0.2) is 53.7 Å². The number of aryl methyl sites for hydroxylation is 2. The van der Waals surface area contributed by atoms with Gasteiger partial charge in [-0.1, -0.05) is 17.7 Å². The van der Waals surface area contributed by atoms with Gasteiger partial charge in [-0.05, 0) is 30.3 Å². The second-order valence-corrected chi connectivity index (χ2v) is 4.91. The third-order valence-corrected chi connectivity index (χ3v) is 3.36. The lowest BCUT2D eigenvalue weighted by atomic mass is 10.2. The monoisotopic (exact) mass is 285 g/mol. The molecule has 0 unspecified atom stereocenters. The summed E-state index contributed by atoms with van der Waals surface area (Å²) in [6.45, 7) is 0.557. The second-order valence-electron chi connectivity index (χ2n) is 4.48. The third-order valence-electron chi connectivity index (χ3n) is 3.12. The van der Waals surface area contributed by atoms with Crippen LogP contribution < -0.4 is 5.56 Å². The van der Waals surface area contributed by atoms with Crippen LogP contribution in [-0.4, -0.2) is 14.5 Å². The van der Waals surface area contributed by atoms with Crippen molar-refractivity contribution in [2.45, 2.75) is 13.0 Å². The number of fused-ring (bicyclic) bond motifs is 1. The largest absolute Gasteiger partial charge is 0.298 e. The lowest BCUT2D eigenvalue weighted by Crippen LogP contribution is -2.21. The van der Waals surface area contributed by atoms with Gasteiger partial charge >= 0.3 is 0 Å². The molecule has 0 saturated heterocycles. The molecule has 20 heavy (non-hydrogen) atoms. The van der Waals surface area contributed by atoms with E-state index in [9.17, 15) is 4.79 Å². The summed E-state index contributed by atoms with van der Waals surface area (Å²) in [5.41, 5.74) is 1.52. The van der Waals surface area contributed by atoms with E-state index in [2.05, 4.69) is 9.97 Å². The number of aromatic nitrogens is 3. The molecule has 4 nitrogen and oxygen atoms in total. The average molecular weight is 286 g/mol. The van der Waals surface area contributed by atoms with E-state index in [1.807, 2.05) is 18.2 Å². The molecular weight excluding hydrogens is 274 g/mol. The molecule has 0 aliphatic rings. The summed E-state index contributed by atoms with van der Waals surface area (Å²) in [6.07, 6.45) is 4.00. The predicted octanol–water partition coefficient (Wildman–Crippen LogP) is 2.69. The number of hydrogen-bond donors (Lipinski definition) is 0. The van der Waals surface area contributed by atoms with Crippen molar-refractivity contribution in [3.63, 3.8) is 0 Å². The Bertz CT molecular complexity index is 799. The summed E-state index contributed by atoms with van der Waals surface area (Å²) in [4.78, 5) is 20.8.